The molecule has 4 heteroatoms. The van der Waals surface area contributed by atoms with Crippen LogP contribution in [0.4, 0.5) is 11.4 Å². The Morgan fingerprint density at radius 3 is 1.74 bits per heavy atom. The average Bonchev–Trinajstić information content (AvgIpc) is 3.92. The van der Waals surface area contributed by atoms with Crippen molar-refractivity contribution in [3.8, 4) is 39.3 Å². The highest BCUT2D eigenvalue weighted by molar-refractivity contribution is 6.17. The predicted octanol–water partition coefficient (Wildman–Crippen LogP) is 14.1. The van der Waals surface area contributed by atoms with Gasteiger partial charge >= 0.3 is 0 Å². The van der Waals surface area contributed by atoms with E-state index < -0.39 is 0 Å². The van der Waals surface area contributed by atoms with E-state index >= 15 is 0 Å². The average molecular weight is 791 g/mol. The summed E-state index contributed by atoms with van der Waals surface area (Å²) in [5.41, 5.74) is 13.7. The molecular weight excluding hydrogens is 753 g/mol. The first-order valence-corrected chi connectivity index (χ1v) is 21.3. The molecule has 13 rings (SSSR count). The molecule has 0 saturated carbocycles. The molecule has 0 bridgehead atoms. The molecule has 0 saturated heterocycles. The topological polar surface area (TPSA) is 36.4 Å². The Morgan fingerprint density at radius 1 is 0.468 bits per heavy atom. The number of hydrogen-bond donors (Lipinski definition) is 1. The van der Waals surface area contributed by atoms with Crippen LogP contribution in [0.25, 0.3) is 104 Å². The number of hydrogen-bond acceptors (Lipinski definition) is 1. The number of aromatic nitrogens is 2. The third-order valence-corrected chi connectivity index (χ3v) is 12.9. The second-order valence-corrected chi connectivity index (χ2v) is 16.5. The molecule has 10 aromatic carbocycles. The molecule has 1 aromatic heterocycles. The molecule has 0 amide bonds. The minimum absolute atomic E-state index is 0.0872. The summed E-state index contributed by atoms with van der Waals surface area (Å²) in [5.74, 6) is 0.935. The maximum atomic E-state index is 5.61. The predicted molar refractivity (Wildman–Crippen MR) is 258 cm³/mol. The van der Waals surface area contributed by atoms with Gasteiger partial charge in [0.05, 0.1) is 17.2 Å². The van der Waals surface area contributed by atoms with E-state index in [9.17, 15) is 0 Å². The third kappa shape index (κ3) is 5.47. The Kier molecular flexibility index (Phi) is 7.71. The van der Waals surface area contributed by atoms with E-state index in [2.05, 4.69) is 223 Å². The van der Waals surface area contributed by atoms with Crippen molar-refractivity contribution in [3.63, 3.8) is 0 Å². The zero-order valence-corrected chi connectivity index (χ0v) is 33.7. The van der Waals surface area contributed by atoms with Crippen LogP contribution in [0.3, 0.4) is 0 Å². The molecule has 2 unspecified atom stereocenters. The highest BCUT2D eigenvalue weighted by Crippen LogP contribution is 2.53. The van der Waals surface area contributed by atoms with Crippen LogP contribution in [-0.2, 0) is 0 Å². The highest BCUT2D eigenvalue weighted by atomic mass is 15.3. The van der Waals surface area contributed by atoms with Gasteiger partial charge in [-0.15, -0.1) is 0 Å². The molecule has 0 spiro atoms. The van der Waals surface area contributed by atoms with Gasteiger partial charge < -0.3 is 5.32 Å². The van der Waals surface area contributed by atoms with Crippen LogP contribution >= 0.6 is 0 Å². The minimum atomic E-state index is -0.0872. The van der Waals surface area contributed by atoms with Crippen molar-refractivity contribution in [2.75, 3.05) is 0 Å². The number of benzene rings is 10. The number of fused-ring (bicyclic) bond motifs is 8. The molecule has 290 valence electrons. The Labute approximate surface area is 359 Å². The van der Waals surface area contributed by atoms with Crippen LogP contribution in [0, 0.1) is 0 Å². The molecule has 62 heavy (non-hydrogen) atoms. The number of quaternary nitrogens is 1. The third-order valence-electron chi connectivity index (χ3n) is 12.9. The van der Waals surface area contributed by atoms with Crippen LogP contribution in [0.1, 0.15) is 5.56 Å². The van der Waals surface area contributed by atoms with Gasteiger partial charge in [-0.2, -0.15) is 0 Å². The van der Waals surface area contributed by atoms with E-state index in [1.165, 1.54) is 87.1 Å². The highest BCUT2D eigenvalue weighted by Gasteiger charge is 2.33. The lowest BCUT2D eigenvalue weighted by atomic mass is 9.87. The second-order valence-electron chi connectivity index (χ2n) is 16.5. The lowest BCUT2D eigenvalue weighted by Crippen LogP contribution is -3.05. The van der Waals surface area contributed by atoms with Gasteiger partial charge in [0.15, 0.2) is 0 Å². The van der Waals surface area contributed by atoms with Gasteiger partial charge in [0.2, 0.25) is 0 Å². The maximum Gasteiger partial charge on any atom is 0.145 e. The Morgan fingerprint density at radius 2 is 1.00 bits per heavy atom. The van der Waals surface area contributed by atoms with E-state index in [0.29, 0.717) is 0 Å². The first-order valence-electron chi connectivity index (χ1n) is 21.3. The number of imidazole rings is 1. The summed E-state index contributed by atoms with van der Waals surface area (Å²) in [4.78, 5) is 6.38. The van der Waals surface area contributed by atoms with Crippen LogP contribution in [0.15, 0.2) is 219 Å². The quantitative estimate of drug-likeness (QED) is 0.185. The molecule has 0 aliphatic carbocycles. The van der Waals surface area contributed by atoms with Crippen LogP contribution in [0.2, 0.25) is 0 Å². The van der Waals surface area contributed by atoms with Gasteiger partial charge in [-0.3, -0.25) is 9.47 Å². The van der Waals surface area contributed by atoms with Crippen LogP contribution in [-0.4, -0.2) is 15.7 Å². The molecule has 2 aliphatic rings. The van der Waals surface area contributed by atoms with Gasteiger partial charge in [0, 0.05) is 22.4 Å². The molecule has 4 nitrogen and oxygen atoms in total. The molecule has 2 atom stereocenters. The van der Waals surface area contributed by atoms with Gasteiger partial charge in [-0.1, -0.05) is 157 Å². The summed E-state index contributed by atoms with van der Waals surface area (Å²) < 4.78 is 2.27. The van der Waals surface area contributed by atoms with Crippen molar-refractivity contribution in [1.29, 1.82) is 0 Å². The summed E-state index contributed by atoms with van der Waals surface area (Å²) in [7, 11) is 0. The zero-order valence-electron chi connectivity index (χ0n) is 33.7. The molecule has 1 N–H and O–H groups in total. The molecule has 0 fully saturated rings. The van der Waals surface area contributed by atoms with Gasteiger partial charge in [0.1, 0.15) is 17.7 Å². The number of allylic oxidation sites excluding steroid dienone is 2. The molecule has 11 aromatic rings. The SMILES string of the molecule is C1=CC2[N-]c3c(c(-c4ccc5ccccc5c4)c4ccccc4c3-c3ccc4ccccc4c3)[NH+]2C=C1c1ccc2cc(-c3nc4ccccc4n3-c3ccccc3)ccc2c1. The van der Waals surface area contributed by atoms with Crippen LogP contribution < -0.4 is 4.90 Å². The van der Waals surface area contributed by atoms with E-state index in [1.807, 2.05) is 0 Å². The van der Waals surface area contributed by atoms with Crippen molar-refractivity contribution < 1.29 is 4.90 Å². The second kappa shape index (κ2) is 13.7. The monoisotopic (exact) mass is 790 g/mol. The van der Waals surface area contributed by atoms with E-state index in [0.717, 1.165) is 33.8 Å². The van der Waals surface area contributed by atoms with Crippen molar-refractivity contribution in [1.82, 2.24) is 9.55 Å². The normalized spacial score (nSPS) is 15.6. The minimum Gasteiger partial charge on any atom is -0.625 e. The Hall–Kier alpha value is -8.05. The summed E-state index contributed by atoms with van der Waals surface area (Å²) in [6, 6.07) is 72.4. The summed E-state index contributed by atoms with van der Waals surface area (Å²) in [5, 5.41) is 15.4. The fourth-order valence-corrected chi connectivity index (χ4v) is 9.99. The smallest absolute Gasteiger partial charge is 0.145 e. The van der Waals surface area contributed by atoms with E-state index in [4.69, 9.17) is 10.3 Å². The van der Waals surface area contributed by atoms with Crippen molar-refractivity contribution in [2.45, 2.75) is 6.17 Å². The summed E-state index contributed by atoms with van der Waals surface area (Å²) in [6.45, 7) is 0. The van der Waals surface area contributed by atoms with E-state index in [1.54, 1.807) is 0 Å². The Balaban J connectivity index is 0.961. The number of para-hydroxylation sites is 3. The first-order chi connectivity index (χ1) is 30.7. The molecule has 0 radical (unpaired) electrons. The van der Waals surface area contributed by atoms with Gasteiger partial charge in [-0.25, -0.2) is 4.98 Å². The fraction of sp³-hybridized carbons (Fsp3) is 0.0172. The zero-order chi connectivity index (χ0) is 40.7. The van der Waals surface area contributed by atoms with Crippen molar-refractivity contribution >= 4 is 71.1 Å². The summed E-state index contributed by atoms with van der Waals surface area (Å²) in [6.07, 6.45) is 6.88. The number of nitrogens with one attached hydrogen (secondary N) is 1. The maximum absolute atomic E-state index is 5.61. The summed E-state index contributed by atoms with van der Waals surface area (Å²) >= 11 is 0. The largest absolute Gasteiger partial charge is 0.625 e. The fourth-order valence-electron chi connectivity index (χ4n) is 9.99. The van der Waals surface area contributed by atoms with Gasteiger partial charge in [0.25, 0.3) is 0 Å². The lowest BCUT2D eigenvalue weighted by Gasteiger charge is -2.27. The molecule has 2 aliphatic heterocycles. The van der Waals surface area contributed by atoms with E-state index in [-0.39, 0.29) is 6.17 Å². The van der Waals surface area contributed by atoms with Crippen LogP contribution in [0.5, 0.6) is 0 Å². The lowest BCUT2D eigenvalue weighted by molar-refractivity contribution is -0.784. The molecular formula is C58H38N4. The Bertz CT molecular complexity index is 3690. The number of rotatable bonds is 5. The standard InChI is InChI=1S/C58H37N4/c1-2-16-48(17-3-1)62-52-21-11-10-20-51(52)59-58(62)46-29-26-41-32-43(25-24-42(41)35-46)47-30-31-53-60-56-54(44-27-22-37-12-4-6-14-39(37)33-44)49-18-8-9-19-50(49)55(57(56)61(53)36-47)45-28-23-38-13-5-7-15-40(38)34-45/h1-36,53H/q-1/p+1. The molecule has 3 heterocycles. The number of nitrogens with zero attached hydrogens (tertiary/aromatic N) is 3. The van der Waals surface area contributed by atoms with Gasteiger partial charge in [-0.05, 0) is 126 Å². The van der Waals surface area contributed by atoms with Crippen molar-refractivity contribution in [3.05, 3.63) is 229 Å². The van der Waals surface area contributed by atoms with Crippen molar-refractivity contribution in [2.24, 2.45) is 0 Å². The first kappa shape index (κ1) is 34.8.